The van der Waals surface area contributed by atoms with E-state index in [1.165, 1.54) is 44.3 Å². The van der Waals surface area contributed by atoms with Gasteiger partial charge in [0.05, 0.1) is 21.3 Å². The summed E-state index contributed by atoms with van der Waals surface area (Å²) in [6.45, 7) is 3.94. The van der Waals surface area contributed by atoms with Gasteiger partial charge in [0, 0.05) is 19.5 Å². The molecule has 1 heterocycles. The van der Waals surface area contributed by atoms with Gasteiger partial charge in [-0.2, -0.15) is 0 Å². The third kappa shape index (κ3) is 6.63. The van der Waals surface area contributed by atoms with E-state index in [1.807, 2.05) is 12.1 Å². The Labute approximate surface area is 191 Å². The molecule has 6 heteroatoms. The van der Waals surface area contributed by atoms with E-state index in [0.29, 0.717) is 36.6 Å². The summed E-state index contributed by atoms with van der Waals surface area (Å²) in [4.78, 5) is 15.0. The zero-order valence-electron chi connectivity index (χ0n) is 19.6. The maximum absolute atomic E-state index is 12.4. The van der Waals surface area contributed by atoms with Crippen LogP contribution in [-0.2, 0) is 24.3 Å². The van der Waals surface area contributed by atoms with Gasteiger partial charge in [0.1, 0.15) is 0 Å². The van der Waals surface area contributed by atoms with Crippen molar-refractivity contribution in [2.45, 2.75) is 51.6 Å². The third-order valence-corrected chi connectivity index (χ3v) is 6.02. The lowest BCUT2D eigenvalue weighted by atomic mass is 10.1. The SMILES string of the molecule is COc1ccc(CCC(=O)NCc2ccc(CN3CCCCCC3)cc2)c(OC)c1OC. The van der Waals surface area contributed by atoms with Crippen LogP contribution in [0.4, 0.5) is 0 Å². The standard InChI is InChI=1S/C26H36N2O4/c1-30-23-14-12-22(25(31-2)26(23)32-3)13-15-24(29)27-18-20-8-10-21(11-9-20)19-28-16-6-4-5-7-17-28/h8-12,14H,4-7,13,15-19H2,1-3H3,(H,27,29). The van der Waals surface area contributed by atoms with Crippen LogP contribution in [-0.4, -0.2) is 45.2 Å². The second-order valence-corrected chi connectivity index (χ2v) is 8.28. The van der Waals surface area contributed by atoms with Crippen molar-refractivity contribution in [2.24, 2.45) is 0 Å². The van der Waals surface area contributed by atoms with Gasteiger partial charge in [-0.25, -0.2) is 0 Å². The number of hydrogen-bond acceptors (Lipinski definition) is 5. The minimum absolute atomic E-state index is 0.00970. The normalized spacial score (nSPS) is 14.5. The molecular formula is C26H36N2O4. The van der Waals surface area contributed by atoms with Gasteiger partial charge in [0.15, 0.2) is 11.5 Å². The first-order valence-electron chi connectivity index (χ1n) is 11.5. The van der Waals surface area contributed by atoms with Gasteiger partial charge in [-0.1, -0.05) is 43.2 Å². The van der Waals surface area contributed by atoms with Crippen LogP contribution < -0.4 is 19.5 Å². The molecule has 2 aromatic carbocycles. The number of carbonyl (C=O) groups is 1. The lowest BCUT2D eigenvalue weighted by Gasteiger charge is -2.19. The summed E-state index contributed by atoms with van der Waals surface area (Å²) < 4.78 is 16.2. The van der Waals surface area contributed by atoms with Gasteiger partial charge in [0.2, 0.25) is 11.7 Å². The number of rotatable bonds is 10. The highest BCUT2D eigenvalue weighted by Crippen LogP contribution is 2.40. The van der Waals surface area contributed by atoms with Crippen molar-refractivity contribution in [3.8, 4) is 17.2 Å². The van der Waals surface area contributed by atoms with Crippen molar-refractivity contribution in [1.82, 2.24) is 10.2 Å². The number of likely N-dealkylation sites (tertiary alicyclic amines) is 1. The molecule has 1 fully saturated rings. The van der Waals surface area contributed by atoms with Crippen molar-refractivity contribution in [3.05, 3.63) is 53.1 Å². The lowest BCUT2D eigenvalue weighted by molar-refractivity contribution is -0.121. The van der Waals surface area contributed by atoms with E-state index < -0.39 is 0 Å². The molecule has 2 aromatic rings. The van der Waals surface area contributed by atoms with Crippen LogP contribution in [0.5, 0.6) is 17.2 Å². The first-order chi connectivity index (χ1) is 15.6. The van der Waals surface area contributed by atoms with Crippen LogP contribution in [0.15, 0.2) is 36.4 Å². The molecule has 0 atom stereocenters. The topological polar surface area (TPSA) is 60.0 Å². The van der Waals surface area contributed by atoms with E-state index in [-0.39, 0.29) is 5.91 Å². The fourth-order valence-corrected chi connectivity index (χ4v) is 4.21. The van der Waals surface area contributed by atoms with Crippen molar-refractivity contribution in [2.75, 3.05) is 34.4 Å². The Kier molecular flexibility index (Phi) is 9.23. The summed E-state index contributed by atoms with van der Waals surface area (Å²) in [5.41, 5.74) is 3.36. The largest absolute Gasteiger partial charge is 0.493 e. The van der Waals surface area contributed by atoms with E-state index in [4.69, 9.17) is 14.2 Å². The van der Waals surface area contributed by atoms with E-state index in [0.717, 1.165) is 17.7 Å². The highest BCUT2D eigenvalue weighted by atomic mass is 16.5. The quantitative estimate of drug-likeness (QED) is 0.596. The number of hydrogen-bond donors (Lipinski definition) is 1. The number of methoxy groups -OCH3 is 3. The Morgan fingerprint density at radius 1 is 0.844 bits per heavy atom. The molecule has 0 unspecified atom stereocenters. The van der Waals surface area contributed by atoms with E-state index >= 15 is 0 Å². The number of nitrogens with zero attached hydrogens (tertiary/aromatic N) is 1. The van der Waals surface area contributed by atoms with Gasteiger partial charge in [-0.05, 0) is 55.1 Å². The minimum Gasteiger partial charge on any atom is -0.493 e. The van der Waals surface area contributed by atoms with Crippen LogP contribution in [0.1, 0.15) is 48.8 Å². The second kappa shape index (κ2) is 12.3. The number of aryl methyl sites for hydroxylation is 1. The maximum atomic E-state index is 12.4. The molecule has 0 saturated carbocycles. The Balaban J connectivity index is 1.48. The molecule has 0 aliphatic carbocycles. The van der Waals surface area contributed by atoms with E-state index in [2.05, 4.69) is 34.5 Å². The Morgan fingerprint density at radius 3 is 2.12 bits per heavy atom. The summed E-state index contributed by atoms with van der Waals surface area (Å²) >= 11 is 0. The number of ether oxygens (including phenoxy) is 3. The molecule has 1 aliphatic heterocycles. The Hall–Kier alpha value is -2.73. The number of nitrogens with one attached hydrogen (secondary N) is 1. The lowest BCUT2D eigenvalue weighted by Crippen LogP contribution is -2.24. The smallest absolute Gasteiger partial charge is 0.220 e. The molecule has 174 valence electrons. The fraction of sp³-hybridized carbons (Fsp3) is 0.500. The molecule has 6 nitrogen and oxygen atoms in total. The van der Waals surface area contributed by atoms with Crippen LogP contribution >= 0.6 is 0 Å². The number of amides is 1. The summed E-state index contributed by atoms with van der Waals surface area (Å²) in [6, 6.07) is 12.3. The molecule has 1 amide bonds. The van der Waals surface area contributed by atoms with Crippen LogP contribution in [0.3, 0.4) is 0 Å². The molecule has 0 aromatic heterocycles. The Morgan fingerprint density at radius 2 is 1.50 bits per heavy atom. The minimum atomic E-state index is 0.00970. The highest BCUT2D eigenvalue weighted by Gasteiger charge is 2.16. The summed E-state index contributed by atoms with van der Waals surface area (Å²) in [5, 5.41) is 3.02. The van der Waals surface area contributed by atoms with Crippen molar-refractivity contribution >= 4 is 5.91 Å². The van der Waals surface area contributed by atoms with Crippen LogP contribution in [0, 0.1) is 0 Å². The average Bonchev–Trinajstić information content (AvgIpc) is 3.10. The summed E-state index contributed by atoms with van der Waals surface area (Å²) in [7, 11) is 4.76. The molecule has 0 bridgehead atoms. The Bertz CT molecular complexity index is 859. The third-order valence-electron chi connectivity index (χ3n) is 6.02. The number of benzene rings is 2. The second-order valence-electron chi connectivity index (χ2n) is 8.28. The zero-order chi connectivity index (χ0) is 22.8. The summed E-state index contributed by atoms with van der Waals surface area (Å²) in [5.74, 6) is 1.78. The monoisotopic (exact) mass is 440 g/mol. The van der Waals surface area contributed by atoms with Crippen LogP contribution in [0.25, 0.3) is 0 Å². The first-order valence-corrected chi connectivity index (χ1v) is 11.5. The molecule has 0 spiro atoms. The van der Waals surface area contributed by atoms with Crippen molar-refractivity contribution < 1.29 is 19.0 Å². The first kappa shape index (κ1) is 23.9. The van der Waals surface area contributed by atoms with E-state index in [9.17, 15) is 4.79 Å². The molecule has 1 saturated heterocycles. The van der Waals surface area contributed by atoms with Gasteiger partial charge in [0.25, 0.3) is 0 Å². The molecule has 3 rings (SSSR count). The van der Waals surface area contributed by atoms with E-state index in [1.54, 1.807) is 21.3 Å². The highest BCUT2D eigenvalue weighted by molar-refractivity contribution is 5.76. The molecule has 1 N–H and O–H groups in total. The predicted molar refractivity (Wildman–Crippen MR) is 126 cm³/mol. The van der Waals surface area contributed by atoms with Crippen molar-refractivity contribution in [3.63, 3.8) is 0 Å². The molecular weight excluding hydrogens is 404 g/mol. The van der Waals surface area contributed by atoms with Gasteiger partial charge in [-0.15, -0.1) is 0 Å². The van der Waals surface area contributed by atoms with Crippen LogP contribution in [0.2, 0.25) is 0 Å². The molecule has 1 aliphatic rings. The van der Waals surface area contributed by atoms with Gasteiger partial charge in [-0.3, -0.25) is 9.69 Å². The van der Waals surface area contributed by atoms with Gasteiger partial charge >= 0.3 is 0 Å². The number of carbonyl (C=O) groups excluding carboxylic acids is 1. The van der Waals surface area contributed by atoms with Gasteiger partial charge < -0.3 is 19.5 Å². The average molecular weight is 441 g/mol. The fourth-order valence-electron chi connectivity index (χ4n) is 4.21. The maximum Gasteiger partial charge on any atom is 0.220 e. The molecule has 32 heavy (non-hydrogen) atoms. The van der Waals surface area contributed by atoms with Crippen molar-refractivity contribution in [1.29, 1.82) is 0 Å². The predicted octanol–water partition coefficient (Wildman–Crippen LogP) is 4.34. The summed E-state index contributed by atoms with van der Waals surface area (Å²) in [6.07, 6.45) is 6.25. The molecule has 0 radical (unpaired) electrons. The zero-order valence-corrected chi connectivity index (χ0v) is 19.6.